The van der Waals surface area contributed by atoms with Gasteiger partial charge in [0.1, 0.15) is 5.75 Å². The van der Waals surface area contributed by atoms with Gasteiger partial charge in [0.05, 0.1) is 0 Å². The quantitative estimate of drug-likeness (QED) is 0.665. The number of hydrogen-bond donors (Lipinski definition) is 0. The number of ether oxygens (including phenoxy) is 1. The van der Waals surface area contributed by atoms with Crippen LogP contribution in [0, 0.1) is 11.5 Å². The van der Waals surface area contributed by atoms with Crippen LogP contribution in [-0.4, -0.2) is 0 Å². The van der Waals surface area contributed by atoms with Gasteiger partial charge >= 0.3 is 0 Å². The fourth-order valence-corrected chi connectivity index (χ4v) is 2.88. The summed E-state index contributed by atoms with van der Waals surface area (Å²) < 4.78 is 5.37. The number of nitrogens with zero attached hydrogens (tertiary/aromatic N) is 1. The Bertz CT molecular complexity index is 507. The third-order valence-electron chi connectivity index (χ3n) is 3.81. The maximum absolute atomic E-state index is 9.00. The average molecular weight is 273 g/mol. The summed E-state index contributed by atoms with van der Waals surface area (Å²) in [6.07, 6.45) is 2.85. The van der Waals surface area contributed by atoms with Gasteiger partial charge in [0.25, 0.3) is 6.26 Å². The summed E-state index contributed by atoms with van der Waals surface area (Å²) in [5, 5.41) is 9.00. The first-order valence-corrected chi connectivity index (χ1v) is 7.60. The van der Waals surface area contributed by atoms with Crippen molar-refractivity contribution >= 4 is 0 Å². The van der Waals surface area contributed by atoms with Crippen LogP contribution in [-0.2, 0) is 6.42 Å². The second-order valence-electron chi connectivity index (χ2n) is 6.29. The van der Waals surface area contributed by atoms with E-state index in [4.69, 9.17) is 10.00 Å². The molecular formula is C18H27NO. The summed E-state index contributed by atoms with van der Waals surface area (Å²) in [5.74, 6) is 1.97. The molecule has 110 valence electrons. The Labute approximate surface area is 123 Å². The normalized spacial score (nSPS) is 11.2. The van der Waals surface area contributed by atoms with Crippen molar-refractivity contribution in [3.8, 4) is 12.0 Å². The van der Waals surface area contributed by atoms with Crippen molar-refractivity contribution in [1.29, 1.82) is 5.26 Å². The van der Waals surface area contributed by atoms with Gasteiger partial charge in [0.15, 0.2) is 0 Å². The highest BCUT2D eigenvalue weighted by atomic mass is 16.5. The second kappa shape index (κ2) is 6.79. The van der Waals surface area contributed by atoms with Crippen molar-refractivity contribution in [1.82, 2.24) is 0 Å². The van der Waals surface area contributed by atoms with Gasteiger partial charge in [-0.2, -0.15) is 0 Å². The largest absolute Gasteiger partial charge is 0.387 e. The lowest BCUT2D eigenvalue weighted by molar-refractivity contribution is 0.483. The Morgan fingerprint density at radius 3 is 1.90 bits per heavy atom. The van der Waals surface area contributed by atoms with E-state index in [-0.39, 0.29) is 0 Å². The van der Waals surface area contributed by atoms with Gasteiger partial charge in [0.2, 0.25) is 0 Å². The summed E-state index contributed by atoms with van der Waals surface area (Å²) in [6.45, 7) is 15.3. The van der Waals surface area contributed by atoms with Crippen LogP contribution in [0.3, 0.4) is 0 Å². The highest BCUT2D eigenvalue weighted by molar-refractivity contribution is 5.54. The third kappa shape index (κ3) is 3.15. The fourth-order valence-electron chi connectivity index (χ4n) is 2.88. The number of rotatable bonds is 5. The first kappa shape index (κ1) is 16.6. The van der Waals surface area contributed by atoms with Crippen LogP contribution in [0.4, 0.5) is 0 Å². The van der Waals surface area contributed by atoms with Crippen molar-refractivity contribution in [2.45, 2.75) is 72.6 Å². The molecule has 0 spiro atoms. The summed E-state index contributed by atoms with van der Waals surface area (Å²) in [5.41, 5.74) is 5.11. The summed E-state index contributed by atoms with van der Waals surface area (Å²) in [6, 6.07) is 2.24. The van der Waals surface area contributed by atoms with E-state index in [0.717, 1.165) is 17.7 Å². The van der Waals surface area contributed by atoms with E-state index in [1.165, 1.54) is 16.7 Å². The summed E-state index contributed by atoms with van der Waals surface area (Å²) in [7, 11) is 0. The number of nitriles is 1. The molecule has 2 nitrogen and oxygen atoms in total. The van der Waals surface area contributed by atoms with E-state index >= 15 is 0 Å². The molecule has 0 unspecified atom stereocenters. The monoisotopic (exact) mass is 273 g/mol. The Hall–Kier alpha value is -1.49. The van der Waals surface area contributed by atoms with Crippen LogP contribution in [0.15, 0.2) is 6.07 Å². The molecular weight excluding hydrogens is 246 g/mol. The molecule has 0 saturated heterocycles. The van der Waals surface area contributed by atoms with E-state index in [9.17, 15) is 0 Å². The van der Waals surface area contributed by atoms with Gasteiger partial charge in [0, 0.05) is 5.56 Å². The molecule has 0 bridgehead atoms. The maximum Gasteiger partial charge on any atom is 0.292 e. The highest BCUT2D eigenvalue weighted by Gasteiger charge is 2.23. The van der Waals surface area contributed by atoms with Crippen LogP contribution in [0.1, 0.15) is 88.5 Å². The molecule has 0 aliphatic heterocycles. The predicted molar refractivity (Wildman–Crippen MR) is 84.3 cm³/mol. The molecule has 0 aliphatic rings. The lowest BCUT2D eigenvalue weighted by atomic mass is 9.82. The Balaban J connectivity index is 3.76. The van der Waals surface area contributed by atoms with Gasteiger partial charge in [-0.1, -0.05) is 54.5 Å². The molecule has 1 aromatic rings. The van der Waals surface area contributed by atoms with E-state index in [0.29, 0.717) is 17.8 Å². The molecule has 0 aliphatic carbocycles. The van der Waals surface area contributed by atoms with E-state index in [1.807, 2.05) is 6.26 Å². The smallest absolute Gasteiger partial charge is 0.292 e. The maximum atomic E-state index is 9.00. The zero-order valence-electron chi connectivity index (χ0n) is 13.9. The Kier molecular flexibility index (Phi) is 5.62. The summed E-state index contributed by atoms with van der Waals surface area (Å²) >= 11 is 0. The second-order valence-corrected chi connectivity index (χ2v) is 6.29. The molecule has 0 radical (unpaired) electrons. The van der Waals surface area contributed by atoms with Gasteiger partial charge in [-0.3, -0.25) is 0 Å². The van der Waals surface area contributed by atoms with Crippen LogP contribution in [0.25, 0.3) is 0 Å². The van der Waals surface area contributed by atoms with Crippen molar-refractivity contribution < 1.29 is 4.74 Å². The van der Waals surface area contributed by atoms with Crippen molar-refractivity contribution in [2.24, 2.45) is 0 Å². The van der Waals surface area contributed by atoms with E-state index in [2.05, 4.69) is 54.5 Å². The average Bonchev–Trinajstić information content (AvgIpc) is 2.36. The van der Waals surface area contributed by atoms with Crippen molar-refractivity contribution in [3.05, 3.63) is 28.3 Å². The Morgan fingerprint density at radius 2 is 1.55 bits per heavy atom. The number of hydrogen-bond acceptors (Lipinski definition) is 2. The van der Waals surface area contributed by atoms with Crippen LogP contribution >= 0.6 is 0 Å². The third-order valence-corrected chi connectivity index (χ3v) is 3.81. The molecule has 0 amide bonds. The molecule has 1 rings (SSSR count). The molecule has 0 aromatic heterocycles. The van der Waals surface area contributed by atoms with Gasteiger partial charge in [-0.05, 0) is 40.9 Å². The predicted octanol–water partition coefficient (Wildman–Crippen LogP) is 5.48. The molecule has 0 atom stereocenters. The molecule has 0 fully saturated rings. The molecule has 20 heavy (non-hydrogen) atoms. The molecule has 0 saturated carbocycles. The van der Waals surface area contributed by atoms with Crippen molar-refractivity contribution in [3.63, 3.8) is 0 Å². The van der Waals surface area contributed by atoms with Gasteiger partial charge in [-0.25, -0.2) is 0 Å². The van der Waals surface area contributed by atoms with Crippen LogP contribution < -0.4 is 4.74 Å². The van der Waals surface area contributed by atoms with Crippen LogP contribution in [0.2, 0.25) is 0 Å². The van der Waals surface area contributed by atoms with Gasteiger partial charge < -0.3 is 4.74 Å². The lowest BCUT2D eigenvalue weighted by Crippen LogP contribution is -2.09. The van der Waals surface area contributed by atoms with Crippen LogP contribution in [0.5, 0.6) is 5.75 Å². The zero-order valence-corrected chi connectivity index (χ0v) is 13.9. The molecule has 1 aromatic carbocycles. The highest BCUT2D eigenvalue weighted by Crippen LogP contribution is 2.41. The molecule has 0 heterocycles. The fraction of sp³-hybridized carbons (Fsp3) is 0.611. The standard InChI is InChI=1S/C18H27NO/c1-8-14-15(11(2)3)9-16(12(4)5)18(20-10-19)17(14)13(6)7/h9,11-13H,8H2,1-7H3. The number of benzene rings is 1. The minimum atomic E-state index is 0.347. The SMILES string of the molecule is CCc1c(C(C)C)cc(C(C)C)c(OC#N)c1C(C)C. The first-order valence-electron chi connectivity index (χ1n) is 7.60. The first-order chi connectivity index (χ1) is 9.34. The van der Waals surface area contributed by atoms with E-state index in [1.54, 1.807) is 0 Å². The van der Waals surface area contributed by atoms with Gasteiger partial charge in [-0.15, -0.1) is 5.26 Å². The molecule has 0 N–H and O–H groups in total. The minimum absolute atomic E-state index is 0.347. The molecule has 2 heteroatoms. The zero-order chi connectivity index (χ0) is 15.4. The lowest BCUT2D eigenvalue weighted by Gasteiger charge is -2.25. The topological polar surface area (TPSA) is 33.0 Å². The van der Waals surface area contributed by atoms with E-state index < -0.39 is 0 Å². The van der Waals surface area contributed by atoms with Crippen molar-refractivity contribution in [2.75, 3.05) is 0 Å². The Morgan fingerprint density at radius 1 is 1.00 bits per heavy atom. The minimum Gasteiger partial charge on any atom is -0.387 e. The summed E-state index contributed by atoms with van der Waals surface area (Å²) in [4.78, 5) is 0.